The minimum absolute atomic E-state index is 0. The Bertz CT molecular complexity index is 625. The minimum atomic E-state index is -0.514. The average Bonchev–Trinajstić information content (AvgIpc) is 2.91. The summed E-state index contributed by atoms with van der Waals surface area (Å²) in [6.07, 6.45) is 3.60. The van der Waals surface area contributed by atoms with E-state index >= 15 is 0 Å². The first-order valence-electron chi connectivity index (χ1n) is 7.23. The van der Waals surface area contributed by atoms with Gasteiger partial charge in [0.15, 0.2) is 0 Å². The van der Waals surface area contributed by atoms with Crippen molar-refractivity contribution in [3.8, 4) is 5.75 Å². The first-order valence-corrected chi connectivity index (χ1v) is 7.23. The fourth-order valence-corrected chi connectivity index (χ4v) is 1.85. The summed E-state index contributed by atoms with van der Waals surface area (Å²) in [7, 11) is 1.92. The van der Waals surface area contributed by atoms with Crippen molar-refractivity contribution in [2.75, 3.05) is 5.32 Å². The third kappa shape index (κ3) is 5.26. The molecular formula is C16H23ClN4O2. The summed E-state index contributed by atoms with van der Waals surface area (Å²) in [4.78, 5) is 16.1. The first-order chi connectivity index (χ1) is 10.5. The number of imidazole rings is 1. The van der Waals surface area contributed by atoms with E-state index in [-0.39, 0.29) is 24.2 Å². The second-order valence-electron chi connectivity index (χ2n) is 5.53. The molecule has 1 atom stereocenters. The molecule has 0 aliphatic heterocycles. The Morgan fingerprint density at radius 3 is 2.52 bits per heavy atom. The van der Waals surface area contributed by atoms with Crippen molar-refractivity contribution >= 4 is 24.0 Å². The fourth-order valence-electron chi connectivity index (χ4n) is 1.85. The minimum Gasteiger partial charge on any atom is -0.486 e. The molecule has 0 aliphatic carbocycles. The van der Waals surface area contributed by atoms with Gasteiger partial charge >= 0.3 is 0 Å². The van der Waals surface area contributed by atoms with Crippen LogP contribution in [-0.4, -0.2) is 21.5 Å². The highest BCUT2D eigenvalue weighted by Crippen LogP contribution is 2.17. The van der Waals surface area contributed by atoms with Crippen molar-refractivity contribution in [1.82, 2.24) is 9.55 Å². The lowest BCUT2D eigenvalue weighted by Crippen LogP contribution is -2.39. The highest BCUT2D eigenvalue weighted by Gasteiger charge is 2.17. The van der Waals surface area contributed by atoms with Crippen LogP contribution in [0.2, 0.25) is 0 Å². The second kappa shape index (κ2) is 8.55. The molecule has 0 aliphatic rings. The Labute approximate surface area is 142 Å². The summed E-state index contributed by atoms with van der Waals surface area (Å²) >= 11 is 0. The number of rotatable bonds is 6. The van der Waals surface area contributed by atoms with Gasteiger partial charge in [-0.15, -0.1) is 12.4 Å². The number of anilines is 1. The van der Waals surface area contributed by atoms with Crippen molar-refractivity contribution in [3.05, 3.63) is 42.5 Å². The number of carbonyl (C=O) groups excluding carboxylic acids is 1. The molecule has 0 radical (unpaired) electrons. The van der Waals surface area contributed by atoms with E-state index in [9.17, 15) is 4.79 Å². The van der Waals surface area contributed by atoms with Crippen LogP contribution in [0, 0.1) is 5.92 Å². The summed E-state index contributed by atoms with van der Waals surface area (Å²) in [6.45, 7) is 4.23. The number of aromatic nitrogens is 2. The molecule has 0 bridgehead atoms. The van der Waals surface area contributed by atoms with Crippen molar-refractivity contribution in [3.63, 3.8) is 0 Å². The van der Waals surface area contributed by atoms with Gasteiger partial charge in [0.05, 0.1) is 6.04 Å². The quantitative estimate of drug-likeness (QED) is 0.847. The molecule has 1 aromatic carbocycles. The number of nitrogens with one attached hydrogen (secondary N) is 1. The summed E-state index contributed by atoms with van der Waals surface area (Å²) in [6, 6.07) is 6.68. The molecule has 1 aromatic heterocycles. The van der Waals surface area contributed by atoms with Crippen molar-refractivity contribution < 1.29 is 9.53 Å². The molecule has 3 N–H and O–H groups in total. The third-order valence-corrected chi connectivity index (χ3v) is 3.43. The van der Waals surface area contributed by atoms with Gasteiger partial charge in [-0.25, -0.2) is 4.98 Å². The van der Waals surface area contributed by atoms with Crippen LogP contribution >= 0.6 is 12.4 Å². The highest BCUT2D eigenvalue weighted by molar-refractivity contribution is 5.94. The lowest BCUT2D eigenvalue weighted by Gasteiger charge is -2.15. The zero-order chi connectivity index (χ0) is 16.1. The van der Waals surface area contributed by atoms with Gasteiger partial charge in [-0.3, -0.25) is 4.79 Å². The number of hydrogen-bond donors (Lipinski definition) is 2. The zero-order valence-corrected chi connectivity index (χ0v) is 14.3. The lowest BCUT2D eigenvalue weighted by atomic mass is 10.1. The van der Waals surface area contributed by atoms with E-state index in [0.717, 1.165) is 5.82 Å². The molecule has 2 rings (SSSR count). The third-order valence-electron chi connectivity index (χ3n) is 3.43. The van der Waals surface area contributed by atoms with Crippen LogP contribution in [0.15, 0.2) is 36.7 Å². The molecule has 2 aromatic rings. The number of aryl methyl sites for hydroxylation is 1. The van der Waals surface area contributed by atoms with Crippen LogP contribution in [0.5, 0.6) is 5.75 Å². The molecule has 0 fully saturated rings. The molecule has 6 nitrogen and oxygen atoms in total. The molecule has 1 amide bonds. The Kier molecular flexibility index (Phi) is 7.06. The Morgan fingerprint density at radius 2 is 2.00 bits per heavy atom. The van der Waals surface area contributed by atoms with Crippen molar-refractivity contribution in [2.24, 2.45) is 18.7 Å². The summed E-state index contributed by atoms with van der Waals surface area (Å²) < 4.78 is 7.56. The average molecular weight is 339 g/mol. The van der Waals surface area contributed by atoms with Gasteiger partial charge < -0.3 is 20.4 Å². The molecule has 0 unspecified atom stereocenters. The van der Waals surface area contributed by atoms with Gasteiger partial charge in [0.1, 0.15) is 18.2 Å². The standard InChI is InChI=1S/C16H22N4O2.ClH/c1-11(2)15(17)16(21)19-12-4-6-13(7-5-12)22-10-14-18-8-9-20(14)3;/h4-9,11,15H,10,17H2,1-3H3,(H,19,21);1H/t15-;/m0./s1. The maximum Gasteiger partial charge on any atom is 0.241 e. The van der Waals surface area contributed by atoms with Crippen LogP contribution < -0.4 is 15.8 Å². The number of ether oxygens (including phenoxy) is 1. The molecule has 23 heavy (non-hydrogen) atoms. The smallest absolute Gasteiger partial charge is 0.241 e. The molecule has 7 heteroatoms. The van der Waals surface area contributed by atoms with Crippen LogP contribution in [0.4, 0.5) is 5.69 Å². The van der Waals surface area contributed by atoms with E-state index in [1.165, 1.54) is 0 Å². The number of benzene rings is 1. The first kappa shape index (κ1) is 19.0. The number of hydrogen-bond acceptors (Lipinski definition) is 4. The summed E-state index contributed by atoms with van der Waals surface area (Å²) in [5.74, 6) is 1.48. The van der Waals surface area contributed by atoms with E-state index in [1.807, 2.05) is 31.7 Å². The Balaban J connectivity index is 0.00000264. The predicted molar refractivity (Wildman–Crippen MR) is 92.7 cm³/mol. The van der Waals surface area contributed by atoms with E-state index in [2.05, 4.69) is 10.3 Å². The lowest BCUT2D eigenvalue weighted by molar-refractivity contribution is -0.118. The molecule has 126 valence electrons. The van der Waals surface area contributed by atoms with Gasteiger partial charge in [0.2, 0.25) is 5.91 Å². The van der Waals surface area contributed by atoms with Gasteiger partial charge in [0, 0.05) is 25.1 Å². The number of carbonyl (C=O) groups is 1. The number of nitrogens with zero attached hydrogens (tertiary/aromatic N) is 2. The van der Waals surface area contributed by atoms with Crippen molar-refractivity contribution in [1.29, 1.82) is 0 Å². The van der Waals surface area contributed by atoms with Crippen LogP contribution in [0.25, 0.3) is 0 Å². The van der Waals surface area contributed by atoms with Gasteiger partial charge in [-0.1, -0.05) is 13.8 Å². The zero-order valence-electron chi connectivity index (χ0n) is 13.5. The van der Waals surface area contributed by atoms with E-state index in [1.54, 1.807) is 30.5 Å². The van der Waals surface area contributed by atoms with Gasteiger partial charge in [-0.05, 0) is 30.2 Å². The number of nitrogens with two attached hydrogens (primary N) is 1. The van der Waals surface area contributed by atoms with E-state index < -0.39 is 6.04 Å². The fraction of sp³-hybridized carbons (Fsp3) is 0.375. The SMILES string of the molecule is CC(C)[C@H](N)C(=O)Nc1ccc(OCc2nccn2C)cc1.Cl. The van der Waals surface area contributed by atoms with E-state index in [0.29, 0.717) is 18.0 Å². The summed E-state index contributed by atoms with van der Waals surface area (Å²) in [5.41, 5.74) is 6.51. The topological polar surface area (TPSA) is 82.2 Å². The molecule has 1 heterocycles. The number of amides is 1. The van der Waals surface area contributed by atoms with Crippen LogP contribution in [0.3, 0.4) is 0 Å². The largest absolute Gasteiger partial charge is 0.486 e. The van der Waals surface area contributed by atoms with Crippen LogP contribution in [-0.2, 0) is 18.4 Å². The van der Waals surface area contributed by atoms with Crippen LogP contribution in [0.1, 0.15) is 19.7 Å². The monoisotopic (exact) mass is 338 g/mol. The highest BCUT2D eigenvalue weighted by atomic mass is 35.5. The summed E-state index contributed by atoms with van der Waals surface area (Å²) in [5, 5.41) is 2.79. The maximum atomic E-state index is 11.9. The molecule has 0 saturated heterocycles. The normalized spacial score (nSPS) is 11.7. The number of halogens is 1. The van der Waals surface area contributed by atoms with E-state index in [4.69, 9.17) is 10.5 Å². The molecular weight excluding hydrogens is 316 g/mol. The second-order valence-corrected chi connectivity index (χ2v) is 5.53. The Morgan fingerprint density at radius 1 is 1.35 bits per heavy atom. The van der Waals surface area contributed by atoms with Crippen molar-refractivity contribution in [2.45, 2.75) is 26.5 Å². The molecule has 0 spiro atoms. The van der Waals surface area contributed by atoms with Gasteiger partial charge in [-0.2, -0.15) is 0 Å². The maximum absolute atomic E-state index is 11.9. The molecule has 0 saturated carbocycles. The van der Waals surface area contributed by atoms with Gasteiger partial charge in [0.25, 0.3) is 0 Å². The Hall–Kier alpha value is -2.05. The predicted octanol–water partition coefficient (Wildman–Crippen LogP) is 2.34.